The summed E-state index contributed by atoms with van der Waals surface area (Å²) in [4.78, 5) is 0. The number of hydrogen-bond donors (Lipinski definition) is 0. The van der Waals surface area contributed by atoms with Gasteiger partial charge in [0.05, 0.1) is 5.41 Å². The first-order valence-electron chi connectivity index (χ1n) is 21.2. The Balaban J connectivity index is 1.04. The first-order valence-corrected chi connectivity index (χ1v) is 21.2. The van der Waals surface area contributed by atoms with Crippen LogP contribution >= 0.6 is 0 Å². The lowest BCUT2D eigenvalue weighted by molar-refractivity contribution is 0.769. The van der Waals surface area contributed by atoms with Gasteiger partial charge in [0.15, 0.2) is 0 Å². The second-order valence-electron chi connectivity index (χ2n) is 16.4. The molecule has 284 valence electrons. The van der Waals surface area contributed by atoms with E-state index in [2.05, 4.69) is 243 Å². The van der Waals surface area contributed by atoms with Crippen molar-refractivity contribution in [2.24, 2.45) is 0 Å². The largest absolute Gasteiger partial charge is 0.0714 e. The lowest BCUT2D eigenvalue weighted by atomic mass is 9.67. The van der Waals surface area contributed by atoms with Gasteiger partial charge in [0, 0.05) is 0 Å². The van der Waals surface area contributed by atoms with Gasteiger partial charge in [-0.25, -0.2) is 0 Å². The molecular weight excluding hydrogens is 733 g/mol. The zero-order chi connectivity index (χ0) is 40.3. The van der Waals surface area contributed by atoms with Gasteiger partial charge in [-0.2, -0.15) is 0 Å². The highest BCUT2D eigenvalue weighted by Crippen LogP contribution is 2.59. The molecule has 0 spiro atoms. The predicted molar refractivity (Wildman–Crippen MR) is 258 cm³/mol. The maximum absolute atomic E-state index is 2.51. The van der Waals surface area contributed by atoms with Gasteiger partial charge in [0.2, 0.25) is 0 Å². The van der Waals surface area contributed by atoms with E-state index in [0.717, 1.165) is 0 Å². The minimum absolute atomic E-state index is 0.557. The molecule has 0 fully saturated rings. The van der Waals surface area contributed by atoms with Crippen molar-refractivity contribution >= 4 is 32.3 Å². The molecule has 0 saturated heterocycles. The van der Waals surface area contributed by atoms with Gasteiger partial charge < -0.3 is 0 Å². The van der Waals surface area contributed by atoms with Crippen molar-refractivity contribution in [3.05, 3.63) is 265 Å². The fourth-order valence-corrected chi connectivity index (χ4v) is 10.2. The van der Waals surface area contributed by atoms with E-state index >= 15 is 0 Å². The van der Waals surface area contributed by atoms with Crippen LogP contribution < -0.4 is 0 Å². The Bertz CT molecular complexity index is 3390. The van der Waals surface area contributed by atoms with Crippen LogP contribution in [0.2, 0.25) is 0 Å². The summed E-state index contributed by atoms with van der Waals surface area (Å²) in [5.41, 5.74) is 16.9. The first-order chi connectivity index (χ1) is 30.2. The molecule has 0 N–H and O–H groups in total. The first kappa shape index (κ1) is 35.2. The molecule has 0 saturated carbocycles. The van der Waals surface area contributed by atoms with Crippen LogP contribution in [0.25, 0.3) is 88.0 Å². The highest BCUT2D eigenvalue weighted by atomic mass is 14.5. The van der Waals surface area contributed by atoms with Crippen LogP contribution in [-0.4, -0.2) is 0 Å². The van der Waals surface area contributed by atoms with E-state index in [-0.39, 0.29) is 0 Å². The van der Waals surface area contributed by atoms with E-state index in [1.54, 1.807) is 0 Å². The van der Waals surface area contributed by atoms with Crippen LogP contribution in [0.1, 0.15) is 22.3 Å². The Morgan fingerprint density at radius 3 is 1.18 bits per heavy atom. The molecule has 0 atom stereocenters. The Morgan fingerprint density at radius 1 is 0.230 bits per heavy atom. The van der Waals surface area contributed by atoms with Crippen molar-refractivity contribution in [1.29, 1.82) is 0 Å². The summed E-state index contributed by atoms with van der Waals surface area (Å²) in [5, 5.41) is 7.57. The van der Waals surface area contributed by atoms with Crippen molar-refractivity contribution in [3.8, 4) is 55.6 Å². The summed E-state index contributed by atoms with van der Waals surface area (Å²) in [5.74, 6) is 0. The minimum Gasteiger partial charge on any atom is -0.0622 e. The Labute approximate surface area is 356 Å². The van der Waals surface area contributed by atoms with E-state index in [1.165, 1.54) is 110 Å². The van der Waals surface area contributed by atoms with E-state index < -0.39 is 5.41 Å². The van der Waals surface area contributed by atoms with E-state index in [1.807, 2.05) is 0 Å². The van der Waals surface area contributed by atoms with Crippen molar-refractivity contribution in [1.82, 2.24) is 0 Å². The third kappa shape index (κ3) is 5.68. The molecular formula is C61H40. The highest BCUT2D eigenvalue weighted by molar-refractivity contribution is 6.10. The molecule has 0 radical (unpaired) electrons. The van der Waals surface area contributed by atoms with E-state index in [4.69, 9.17) is 0 Å². The number of rotatable bonds is 6. The lowest BCUT2D eigenvalue weighted by Gasteiger charge is -2.34. The maximum atomic E-state index is 2.51. The molecule has 12 rings (SSSR count). The van der Waals surface area contributed by atoms with Crippen LogP contribution in [0, 0.1) is 0 Å². The van der Waals surface area contributed by atoms with Crippen LogP contribution in [0.5, 0.6) is 0 Å². The summed E-state index contributed by atoms with van der Waals surface area (Å²) in [6.45, 7) is 0. The second kappa shape index (κ2) is 14.2. The molecule has 1 aliphatic carbocycles. The fraction of sp³-hybridized carbons (Fsp3) is 0.0164. The summed E-state index contributed by atoms with van der Waals surface area (Å²) in [6, 6.07) is 90.1. The van der Waals surface area contributed by atoms with E-state index in [0.29, 0.717) is 0 Å². The molecule has 0 aliphatic heterocycles. The molecule has 0 nitrogen and oxygen atoms in total. The summed E-state index contributed by atoms with van der Waals surface area (Å²) in [7, 11) is 0. The van der Waals surface area contributed by atoms with Gasteiger partial charge in [-0.1, -0.05) is 218 Å². The van der Waals surface area contributed by atoms with Gasteiger partial charge in [0.25, 0.3) is 0 Å². The van der Waals surface area contributed by atoms with Gasteiger partial charge in [0.1, 0.15) is 0 Å². The third-order valence-corrected chi connectivity index (χ3v) is 13.1. The fourth-order valence-electron chi connectivity index (χ4n) is 10.2. The number of benzene rings is 11. The Morgan fingerprint density at radius 2 is 0.639 bits per heavy atom. The lowest BCUT2D eigenvalue weighted by Crippen LogP contribution is -2.28. The number of hydrogen-bond acceptors (Lipinski definition) is 0. The molecule has 0 amide bonds. The maximum Gasteiger partial charge on any atom is 0.0714 e. The molecule has 61 heavy (non-hydrogen) atoms. The average molecular weight is 773 g/mol. The quantitative estimate of drug-likeness (QED) is 0.158. The average Bonchev–Trinajstić information content (AvgIpc) is 3.64. The zero-order valence-corrected chi connectivity index (χ0v) is 33.6. The topological polar surface area (TPSA) is 0 Å². The van der Waals surface area contributed by atoms with Crippen LogP contribution in [0.4, 0.5) is 0 Å². The summed E-state index contributed by atoms with van der Waals surface area (Å²) >= 11 is 0. The SMILES string of the molecule is c1ccc(C2(c3ccccc3)c3cc(-c4ccc(-c5ccc6ccccc6c5)cc4)ccc3-c3c2cc(-c2ccc(-c4ccc5ccccc5c4)cc2)c2ccccc32)cc1. The van der Waals surface area contributed by atoms with Gasteiger partial charge >= 0.3 is 0 Å². The highest BCUT2D eigenvalue weighted by Gasteiger charge is 2.47. The van der Waals surface area contributed by atoms with Crippen LogP contribution in [0.3, 0.4) is 0 Å². The van der Waals surface area contributed by atoms with Crippen LogP contribution in [0.15, 0.2) is 243 Å². The predicted octanol–water partition coefficient (Wildman–Crippen LogP) is 16.2. The van der Waals surface area contributed by atoms with Crippen molar-refractivity contribution < 1.29 is 0 Å². The Kier molecular flexibility index (Phi) is 8.18. The van der Waals surface area contributed by atoms with Gasteiger partial charge in [-0.05, 0) is 134 Å². The number of fused-ring (bicyclic) bond motifs is 7. The molecule has 11 aromatic carbocycles. The van der Waals surface area contributed by atoms with E-state index in [9.17, 15) is 0 Å². The minimum atomic E-state index is -0.557. The molecule has 0 bridgehead atoms. The molecule has 0 heterocycles. The summed E-state index contributed by atoms with van der Waals surface area (Å²) < 4.78 is 0. The molecule has 1 aliphatic rings. The third-order valence-electron chi connectivity index (χ3n) is 13.1. The summed E-state index contributed by atoms with van der Waals surface area (Å²) in [6.07, 6.45) is 0. The smallest absolute Gasteiger partial charge is 0.0622 e. The normalized spacial score (nSPS) is 12.7. The molecule has 0 heteroatoms. The zero-order valence-electron chi connectivity index (χ0n) is 33.6. The molecule has 11 aromatic rings. The van der Waals surface area contributed by atoms with Crippen molar-refractivity contribution in [2.75, 3.05) is 0 Å². The molecule has 0 unspecified atom stereocenters. The molecule has 0 aromatic heterocycles. The second-order valence-corrected chi connectivity index (χ2v) is 16.4. The van der Waals surface area contributed by atoms with Gasteiger partial charge in [-0.3, -0.25) is 0 Å². The standard InChI is InChI=1S/C61H40/c1-3-17-52(18-4-1)61(53-19-5-2-6-20-53)58-39-51(45-25-23-43(24-26-45)49-33-29-41-13-7-9-15-47(41)37-49)35-36-56(58)60-55-22-12-11-21-54(55)57(40-59(60)61)46-31-27-44(28-32-46)50-34-30-42-14-8-10-16-48(42)38-50/h1-40H. The van der Waals surface area contributed by atoms with Gasteiger partial charge in [-0.15, -0.1) is 0 Å². The van der Waals surface area contributed by atoms with Crippen molar-refractivity contribution in [3.63, 3.8) is 0 Å². The van der Waals surface area contributed by atoms with Crippen LogP contribution in [-0.2, 0) is 5.41 Å². The van der Waals surface area contributed by atoms with Crippen molar-refractivity contribution in [2.45, 2.75) is 5.41 Å². The monoisotopic (exact) mass is 772 g/mol. The Hall–Kier alpha value is -7.80.